The van der Waals surface area contributed by atoms with E-state index in [2.05, 4.69) is 17.9 Å². The first-order valence-corrected chi connectivity index (χ1v) is 10.8. The third-order valence-electron chi connectivity index (χ3n) is 8.50. The zero-order valence-electron chi connectivity index (χ0n) is 16.8. The quantitative estimate of drug-likeness (QED) is 0.770. The second-order valence-electron chi connectivity index (χ2n) is 9.63. The lowest BCUT2D eigenvalue weighted by molar-refractivity contribution is -0.145. The van der Waals surface area contributed by atoms with E-state index in [9.17, 15) is 4.79 Å². The second-order valence-corrected chi connectivity index (χ2v) is 9.63. The topological polar surface area (TPSA) is 38.8 Å². The Morgan fingerprint density at radius 1 is 1.32 bits per heavy atom. The van der Waals surface area contributed by atoms with Crippen LogP contribution >= 0.6 is 12.4 Å². The summed E-state index contributed by atoms with van der Waals surface area (Å²) in [5.74, 6) is 3.50. The Hall–Kier alpha value is -1.26. The normalized spacial score (nSPS) is 38.1. The van der Waals surface area contributed by atoms with Gasteiger partial charge in [-0.1, -0.05) is 19.4 Å². The van der Waals surface area contributed by atoms with Crippen molar-refractivity contribution in [3.05, 3.63) is 23.3 Å². The zero-order valence-corrected chi connectivity index (χ0v) is 17.6. The number of methoxy groups -OCH3 is 1. The van der Waals surface area contributed by atoms with Crippen LogP contribution in [0.25, 0.3) is 0 Å². The molecule has 152 valence electrons. The summed E-state index contributed by atoms with van der Waals surface area (Å²) in [5.41, 5.74) is 2.62. The van der Waals surface area contributed by atoms with E-state index in [0.29, 0.717) is 17.7 Å². The Balaban J connectivity index is 0.00000171. The Morgan fingerprint density at radius 2 is 2.14 bits per heavy atom. The number of halogens is 1. The fourth-order valence-corrected chi connectivity index (χ4v) is 7.00. The molecule has 2 saturated carbocycles. The third-order valence-corrected chi connectivity index (χ3v) is 8.50. The van der Waals surface area contributed by atoms with E-state index in [1.165, 1.54) is 36.9 Å². The van der Waals surface area contributed by atoms with Gasteiger partial charge in [-0.05, 0) is 62.1 Å². The molecule has 1 saturated heterocycles. The molecular formula is C23H30ClNO3. The highest BCUT2D eigenvalue weighted by atomic mass is 35.5. The average Bonchev–Trinajstić information content (AvgIpc) is 2.97. The van der Waals surface area contributed by atoms with Crippen molar-refractivity contribution in [3.63, 3.8) is 0 Å². The Labute approximate surface area is 173 Å². The number of likely N-dealkylation sites (tertiary alicyclic amines) is 1. The predicted molar refractivity (Wildman–Crippen MR) is 110 cm³/mol. The molecule has 5 aliphatic rings. The van der Waals surface area contributed by atoms with E-state index < -0.39 is 0 Å². The molecule has 1 aromatic rings. The highest BCUT2D eigenvalue weighted by Gasteiger charge is 2.67. The van der Waals surface area contributed by atoms with Crippen LogP contribution in [-0.2, 0) is 16.6 Å². The van der Waals surface area contributed by atoms with Gasteiger partial charge >= 0.3 is 0 Å². The Morgan fingerprint density at radius 3 is 2.86 bits per heavy atom. The number of rotatable bonds is 3. The lowest BCUT2D eigenvalue weighted by Crippen LogP contribution is -2.67. The van der Waals surface area contributed by atoms with Gasteiger partial charge in [-0.25, -0.2) is 0 Å². The number of carbonyl (C=O) groups excluding carboxylic acids is 1. The minimum Gasteiger partial charge on any atom is -0.493 e. The zero-order chi connectivity index (χ0) is 18.3. The maximum Gasteiger partial charge on any atom is 0.177 e. The first-order valence-electron chi connectivity index (χ1n) is 10.8. The van der Waals surface area contributed by atoms with Crippen LogP contribution < -0.4 is 9.47 Å². The Kier molecular flexibility index (Phi) is 4.26. The van der Waals surface area contributed by atoms with Gasteiger partial charge < -0.3 is 9.47 Å². The van der Waals surface area contributed by atoms with Crippen molar-refractivity contribution in [3.8, 4) is 11.5 Å². The summed E-state index contributed by atoms with van der Waals surface area (Å²) < 4.78 is 12.1. The highest BCUT2D eigenvalue weighted by Crippen LogP contribution is 2.64. The molecule has 28 heavy (non-hydrogen) atoms. The van der Waals surface area contributed by atoms with Crippen molar-refractivity contribution in [1.29, 1.82) is 0 Å². The summed E-state index contributed by atoms with van der Waals surface area (Å²) in [5, 5.41) is 0. The van der Waals surface area contributed by atoms with E-state index in [1.807, 2.05) is 6.07 Å². The van der Waals surface area contributed by atoms with Crippen molar-refractivity contribution in [2.75, 3.05) is 20.2 Å². The molecule has 6 rings (SSSR count). The molecule has 4 nitrogen and oxygen atoms in total. The third kappa shape index (κ3) is 2.19. The van der Waals surface area contributed by atoms with Crippen molar-refractivity contribution in [1.82, 2.24) is 4.90 Å². The van der Waals surface area contributed by atoms with Crippen molar-refractivity contribution in [2.45, 2.75) is 63.0 Å². The number of ether oxygens (including phenoxy) is 2. The van der Waals surface area contributed by atoms with Gasteiger partial charge in [0.15, 0.2) is 23.4 Å². The van der Waals surface area contributed by atoms with Gasteiger partial charge in [0, 0.05) is 29.5 Å². The summed E-state index contributed by atoms with van der Waals surface area (Å²) in [7, 11) is 1.70. The minimum absolute atomic E-state index is 0. The van der Waals surface area contributed by atoms with Gasteiger partial charge in [-0.15, -0.1) is 12.4 Å². The average molecular weight is 404 g/mol. The molecule has 2 bridgehead atoms. The number of nitrogens with zero attached hydrogens (tertiary/aromatic N) is 1. The molecule has 3 aliphatic carbocycles. The van der Waals surface area contributed by atoms with Crippen molar-refractivity contribution in [2.24, 2.45) is 17.8 Å². The first-order chi connectivity index (χ1) is 13.1. The molecule has 1 aromatic carbocycles. The number of Topliss-reactive ketones (excluding diaryl/α,β-unsaturated/α-hetero) is 1. The largest absolute Gasteiger partial charge is 0.493 e. The van der Waals surface area contributed by atoms with Crippen LogP contribution in [0.5, 0.6) is 11.5 Å². The number of carbonyl (C=O) groups is 1. The molecule has 1 spiro atoms. The van der Waals surface area contributed by atoms with E-state index >= 15 is 0 Å². The van der Waals surface area contributed by atoms with E-state index in [4.69, 9.17) is 9.47 Å². The summed E-state index contributed by atoms with van der Waals surface area (Å²) >= 11 is 0. The fourth-order valence-electron chi connectivity index (χ4n) is 7.00. The molecule has 2 heterocycles. The first kappa shape index (κ1) is 18.7. The van der Waals surface area contributed by atoms with Crippen molar-refractivity contribution >= 4 is 18.2 Å². The smallest absolute Gasteiger partial charge is 0.177 e. The van der Waals surface area contributed by atoms with Crippen LogP contribution in [0.4, 0.5) is 0 Å². The van der Waals surface area contributed by atoms with Gasteiger partial charge in [0.05, 0.1) is 7.11 Å². The monoisotopic (exact) mass is 403 g/mol. The summed E-state index contributed by atoms with van der Waals surface area (Å²) in [4.78, 5) is 16.0. The molecular weight excluding hydrogens is 374 g/mol. The van der Waals surface area contributed by atoms with Crippen LogP contribution in [0, 0.1) is 17.8 Å². The lowest BCUT2D eigenvalue weighted by Gasteiger charge is -2.59. The van der Waals surface area contributed by atoms with Gasteiger partial charge in [-0.2, -0.15) is 0 Å². The highest BCUT2D eigenvalue weighted by molar-refractivity contribution is 5.91. The SMILES string of the molecule is COc1ccc2c3c1OC1C(=O)[C@@H](C)CC4C(C2)N(CC2CCC2)CCC314.Cl. The van der Waals surface area contributed by atoms with Crippen LogP contribution in [0.2, 0.25) is 0 Å². The summed E-state index contributed by atoms with van der Waals surface area (Å²) in [6.07, 6.45) is 7.07. The molecule has 0 radical (unpaired) electrons. The van der Waals surface area contributed by atoms with Crippen LogP contribution in [0.1, 0.15) is 50.2 Å². The van der Waals surface area contributed by atoms with Gasteiger partial charge in [-0.3, -0.25) is 9.69 Å². The molecule has 0 N–H and O–H groups in total. The maximum absolute atomic E-state index is 13.2. The van der Waals surface area contributed by atoms with E-state index in [0.717, 1.165) is 43.2 Å². The minimum atomic E-state index is -0.301. The fraction of sp³-hybridized carbons (Fsp3) is 0.696. The van der Waals surface area contributed by atoms with Gasteiger partial charge in [0.1, 0.15) is 0 Å². The number of hydrogen-bond donors (Lipinski definition) is 0. The van der Waals surface area contributed by atoms with Crippen LogP contribution in [0.15, 0.2) is 12.1 Å². The van der Waals surface area contributed by atoms with Crippen LogP contribution in [-0.4, -0.2) is 43.0 Å². The number of ketones is 1. The van der Waals surface area contributed by atoms with Crippen LogP contribution in [0.3, 0.4) is 0 Å². The molecule has 4 unspecified atom stereocenters. The molecule has 5 heteroatoms. The molecule has 0 aromatic heterocycles. The van der Waals surface area contributed by atoms with Gasteiger partial charge in [0.25, 0.3) is 0 Å². The lowest BCUT2D eigenvalue weighted by atomic mass is 9.50. The summed E-state index contributed by atoms with van der Waals surface area (Å²) in [6.45, 7) is 4.47. The number of piperidine rings is 1. The van der Waals surface area contributed by atoms with E-state index in [1.54, 1.807) is 7.11 Å². The molecule has 0 amide bonds. The predicted octanol–water partition coefficient (Wildman–Crippen LogP) is 3.77. The van der Waals surface area contributed by atoms with Crippen molar-refractivity contribution < 1.29 is 14.3 Å². The maximum atomic E-state index is 13.2. The number of benzene rings is 1. The Bertz CT molecular complexity index is 822. The standard InChI is InChI=1S/C23H29NO3.ClH/c1-13-10-16-17-11-15-6-7-18(26-2)21-19(15)23(16,22(27-21)20(13)25)8-9-24(17)12-14-4-3-5-14;/h6-7,13-14,16-17,22H,3-5,8-12H2,1-2H3;1H/t13-,16?,17?,22?,23?;/m0./s1. The molecule has 5 atom stereocenters. The second kappa shape index (κ2) is 6.37. The number of hydrogen-bond acceptors (Lipinski definition) is 4. The van der Waals surface area contributed by atoms with E-state index in [-0.39, 0.29) is 29.8 Å². The molecule has 3 fully saturated rings. The molecule has 2 aliphatic heterocycles. The van der Waals surface area contributed by atoms with Gasteiger partial charge in [0.2, 0.25) is 0 Å². The summed E-state index contributed by atoms with van der Waals surface area (Å²) in [6, 6.07) is 4.85.